The largest absolute Gasteiger partial charge is 0.490 e. The van der Waals surface area contributed by atoms with Gasteiger partial charge in [0.25, 0.3) is 0 Å². The zero-order valence-corrected chi connectivity index (χ0v) is 13.6. The lowest BCUT2D eigenvalue weighted by Gasteiger charge is -2.08. The summed E-state index contributed by atoms with van der Waals surface area (Å²) in [5.74, 6) is 0.883. The minimum atomic E-state index is 0.535. The first-order valence-electron chi connectivity index (χ1n) is 8.17. The van der Waals surface area contributed by atoms with Crippen LogP contribution < -0.4 is 4.74 Å². The van der Waals surface area contributed by atoms with Crippen LogP contribution >= 0.6 is 0 Å². The average Bonchev–Trinajstić information content (AvgIpc) is 2.60. The molecule has 0 saturated heterocycles. The van der Waals surface area contributed by atoms with Gasteiger partial charge in [0.15, 0.2) is 0 Å². The van der Waals surface area contributed by atoms with Crippen LogP contribution in [0.25, 0.3) is 21.9 Å². The summed E-state index contributed by atoms with van der Waals surface area (Å²) in [7, 11) is 0. The normalized spacial score (nSPS) is 10.7. The van der Waals surface area contributed by atoms with Crippen molar-refractivity contribution in [2.75, 3.05) is 6.61 Å². The third-order valence-electron chi connectivity index (χ3n) is 4.01. The summed E-state index contributed by atoms with van der Waals surface area (Å²) < 4.78 is 5.60. The van der Waals surface area contributed by atoms with E-state index in [2.05, 4.69) is 68.1 Å². The summed E-state index contributed by atoms with van der Waals surface area (Å²) in [6.07, 6.45) is 4.09. The Balaban J connectivity index is 1.88. The molecule has 0 N–H and O–H groups in total. The number of hydrogen-bond donors (Lipinski definition) is 0. The molecule has 0 atom stereocenters. The van der Waals surface area contributed by atoms with E-state index in [-0.39, 0.29) is 0 Å². The van der Waals surface area contributed by atoms with Gasteiger partial charge in [0.1, 0.15) is 12.4 Å². The Morgan fingerprint density at radius 2 is 1.57 bits per heavy atom. The Bertz CT molecular complexity index is 800. The van der Waals surface area contributed by atoms with E-state index in [9.17, 15) is 0 Å². The molecule has 3 rings (SSSR count). The first-order chi connectivity index (χ1) is 11.3. The molecule has 1 nitrogen and oxygen atoms in total. The highest BCUT2D eigenvalue weighted by molar-refractivity contribution is 5.88. The van der Waals surface area contributed by atoms with Crippen molar-refractivity contribution < 1.29 is 4.74 Å². The van der Waals surface area contributed by atoms with E-state index >= 15 is 0 Å². The van der Waals surface area contributed by atoms with Crippen LogP contribution in [0.5, 0.6) is 5.75 Å². The lowest BCUT2D eigenvalue weighted by molar-refractivity contribution is 0.364. The average molecular weight is 302 g/mol. The van der Waals surface area contributed by atoms with Crippen molar-refractivity contribution in [1.29, 1.82) is 0 Å². The van der Waals surface area contributed by atoms with Crippen LogP contribution in [-0.4, -0.2) is 6.61 Å². The highest BCUT2D eigenvalue weighted by Crippen LogP contribution is 2.27. The topological polar surface area (TPSA) is 9.23 Å². The molecular weight excluding hydrogens is 280 g/mol. The van der Waals surface area contributed by atoms with Gasteiger partial charge in [-0.2, -0.15) is 0 Å². The highest BCUT2D eigenvalue weighted by Gasteiger charge is 2.02. The van der Waals surface area contributed by atoms with Crippen LogP contribution in [0.1, 0.15) is 18.9 Å². The molecule has 23 heavy (non-hydrogen) atoms. The summed E-state index contributed by atoms with van der Waals surface area (Å²) in [4.78, 5) is 0. The molecule has 0 heterocycles. The molecule has 0 bridgehead atoms. The number of hydrogen-bond acceptors (Lipinski definition) is 1. The number of fused-ring (bicyclic) bond motifs is 1. The number of rotatable bonds is 6. The van der Waals surface area contributed by atoms with Crippen molar-refractivity contribution >= 4 is 10.8 Å². The van der Waals surface area contributed by atoms with E-state index < -0.39 is 0 Å². The fourth-order valence-corrected chi connectivity index (χ4v) is 2.80. The van der Waals surface area contributed by atoms with Gasteiger partial charge >= 0.3 is 0 Å². The molecule has 0 aliphatic carbocycles. The fourth-order valence-electron chi connectivity index (χ4n) is 2.80. The van der Waals surface area contributed by atoms with Gasteiger partial charge in [-0.25, -0.2) is 0 Å². The van der Waals surface area contributed by atoms with Gasteiger partial charge in [-0.3, -0.25) is 0 Å². The van der Waals surface area contributed by atoms with Crippen LogP contribution in [-0.2, 0) is 6.42 Å². The SMILES string of the molecule is C=CCOc1ccc2cc(-c3ccc(CCC)cc3)ccc2c1. The molecule has 3 aromatic rings. The Morgan fingerprint density at radius 1 is 0.870 bits per heavy atom. The zero-order valence-electron chi connectivity index (χ0n) is 13.6. The van der Waals surface area contributed by atoms with E-state index in [0.717, 1.165) is 12.2 Å². The van der Waals surface area contributed by atoms with E-state index in [1.54, 1.807) is 6.08 Å². The maximum Gasteiger partial charge on any atom is 0.120 e. The second-order valence-corrected chi connectivity index (χ2v) is 5.77. The molecule has 0 saturated carbocycles. The van der Waals surface area contributed by atoms with Crippen LogP contribution in [0.3, 0.4) is 0 Å². The molecule has 0 aliphatic heterocycles. The van der Waals surface area contributed by atoms with E-state index in [4.69, 9.17) is 4.74 Å². The number of ether oxygens (including phenoxy) is 1. The van der Waals surface area contributed by atoms with Crippen LogP contribution in [0.4, 0.5) is 0 Å². The lowest BCUT2D eigenvalue weighted by atomic mass is 9.99. The van der Waals surface area contributed by atoms with Crippen LogP contribution in [0, 0.1) is 0 Å². The maximum atomic E-state index is 5.60. The maximum absolute atomic E-state index is 5.60. The van der Waals surface area contributed by atoms with Gasteiger partial charge in [-0.1, -0.05) is 68.5 Å². The fraction of sp³-hybridized carbons (Fsp3) is 0.182. The standard InChI is InChI=1S/C22H22O/c1-3-5-17-6-8-18(9-7-17)19-10-11-21-16-22(23-14-4-2)13-12-20(21)15-19/h4,6-13,15-16H,2-3,5,14H2,1H3. The summed E-state index contributed by atoms with van der Waals surface area (Å²) in [5.41, 5.74) is 3.92. The van der Waals surface area contributed by atoms with Gasteiger partial charge in [-0.15, -0.1) is 0 Å². The molecule has 3 aromatic carbocycles. The second-order valence-electron chi connectivity index (χ2n) is 5.77. The molecule has 116 valence electrons. The third-order valence-corrected chi connectivity index (χ3v) is 4.01. The molecule has 0 amide bonds. The summed E-state index contributed by atoms with van der Waals surface area (Å²) >= 11 is 0. The van der Waals surface area contributed by atoms with Gasteiger partial charge in [0.05, 0.1) is 0 Å². The first kappa shape index (κ1) is 15.4. The van der Waals surface area contributed by atoms with Crippen molar-refractivity contribution in [2.45, 2.75) is 19.8 Å². The molecule has 0 spiro atoms. The molecule has 0 aromatic heterocycles. The second kappa shape index (κ2) is 7.15. The van der Waals surface area contributed by atoms with Crippen LogP contribution in [0.2, 0.25) is 0 Å². The monoisotopic (exact) mass is 302 g/mol. The summed E-state index contributed by atoms with van der Waals surface area (Å²) in [6.45, 7) is 6.42. The summed E-state index contributed by atoms with van der Waals surface area (Å²) in [5, 5.41) is 2.42. The van der Waals surface area contributed by atoms with Crippen LogP contribution in [0.15, 0.2) is 73.3 Å². The molecular formula is C22H22O. The van der Waals surface area contributed by atoms with Gasteiger partial charge < -0.3 is 4.74 Å². The molecule has 0 fully saturated rings. The Labute approximate surface area is 138 Å². The first-order valence-corrected chi connectivity index (χ1v) is 8.17. The van der Waals surface area contributed by atoms with E-state index in [1.807, 2.05) is 6.07 Å². The van der Waals surface area contributed by atoms with Gasteiger partial charge in [0.2, 0.25) is 0 Å². The van der Waals surface area contributed by atoms with Crippen molar-refractivity contribution in [3.63, 3.8) is 0 Å². The van der Waals surface area contributed by atoms with Crippen molar-refractivity contribution in [1.82, 2.24) is 0 Å². The van der Waals surface area contributed by atoms with Gasteiger partial charge in [0, 0.05) is 0 Å². The number of aryl methyl sites for hydroxylation is 1. The van der Waals surface area contributed by atoms with E-state index in [1.165, 1.54) is 33.9 Å². The van der Waals surface area contributed by atoms with Crippen molar-refractivity contribution in [2.24, 2.45) is 0 Å². The van der Waals surface area contributed by atoms with Crippen molar-refractivity contribution in [3.8, 4) is 16.9 Å². The molecule has 0 unspecified atom stereocenters. The van der Waals surface area contributed by atoms with Gasteiger partial charge in [-0.05, 0) is 52.1 Å². The lowest BCUT2D eigenvalue weighted by Crippen LogP contribution is -1.92. The molecule has 1 heteroatoms. The Kier molecular flexibility index (Phi) is 4.77. The zero-order chi connectivity index (χ0) is 16.1. The summed E-state index contributed by atoms with van der Waals surface area (Å²) in [6, 6.07) is 21.7. The third kappa shape index (κ3) is 3.62. The Hall–Kier alpha value is -2.54. The predicted molar refractivity (Wildman–Crippen MR) is 99.1 cm³/mol. The quantitative estimate of drug-likeness (QED) is 0.506. The highest BCUT2D eigenvalue weighted by atomic mass is 16.5. The predicted octanol–water partition coefficient (Wildman–Crippen LogP) is 6.02. The smallest absolute Gasteiger partial charge is 0.120 e. The van der Waals surface area contributed by atoms with E-state index in [0.29, 0.717) is 6.61 Å². The van der Waals surface area contributed by atoms with Crippen molar-refractivity contribution in [3.05, 3.63) is 78.9 Å². The minimum Gasteiger partial charge on any atom is -0.490 e. The number of benzene rings is 3. The Morgan fingerprint density at radius 3 is 2.30 bits per heavy atom. The molecule has 0 radical (unpaired) electrons. The molecule has 0 aliphatic rings. The minimum absolute atomic E-state index is 0.535.